The molecule has 0 saturated carbocycles. The van der Waals surface area contributed by atoms with E-state index in [2.05, 4.69) is 10.2 Å². The molecule has 4 nitrogen and oxygen atoms in total. The zero-order chi connectivity index (χ0) is 16.7. The topological polar surface area (TPSA) is 58.4 Å². The van der Waals surface area contributed by atoms with Crippen molar-refractivity contribution in [2.75, 3.05) is 26.2 Å². The Bertz CT molecular complexity index is 517. The lowest BCUT2D eigenvalue weighted by molar-refractivity contribution is -0.123. The Balaban J connectivity index is 1.53. The van der Waals surface area contributed by atoms with E-state index in [9.17, 15) is 13.6 Å². The first kappa shape index (κ1) is 17.8. The number of piperidine rings is 1. The fourth-order valence-corrected chi connectivity index (χ4v) is 2.91. The minimum atomic E-state index is -0.811. The highest BCUT2D eigenvalue weighted by molar-refractivity contribution is 5.76. The number of primary amides is 1. The zero-order valence-corrected chi connectivity index (χ0v) is 13.4. The van der Waals surface area contributed by atoms with Gasteiger partial charge in [0.2, 0.25) is 5.91 Å². The lowest BCUT2D eigenvalue weighted by atomic mass is 9.96. The van der Waals surface area contributed by atoms with Gasteiger partial charge in [-0.2, -0.15) is 0 Å². The van der Waals surface area contributed by atoms with Crippen LogP contribution in [0.3, 0.4) is 0 Å². The molecule has 0 unspecified atom stereocenters. The Morgan fingerprint density at radius 2 is 1.96 bits per heavy atom. The van der Waals surface area contributed by atoms with Gasteiger partial charge in [-0.05, 0) is 69.6 Å². The number of halogens is 2. The fraction of sp³-hybridized carbons (Fsp3) is 0.588. The van der Waals surface area contributed by atoms with Crippen molar-refractivity contribution >= 4 is 5.91 Å². The largest absolute Gasteiger partial charge is 0.369 e. The van der Waals surface area contributed by atoms with E-state index in [0.29, 0.717) is 6.54 Å². The smallest absolute Gasteiger partial charge is 0.220 e. The molecule has 1 saturated heterocycles. The number of likely N-dealkylation sites (tertiary alicyclic amines) is 1. The molecule has 23 heavy (non-hydrogen) atoms. The summed E-state index contributed by atoms with van der Waals surface area (Å²) in [7, 11) is 0. The number of rotatable bonds is 8. The lowest BCUT2D eigenvalue weighted by Crippen LogP contribution is -2.39. The predicted molar refractivity (Wildman–Crippen MR) is 85.7 cm³/mol. The molecule has 1 amide bonds. The summed E-state index contributed by atoms with van der Waals surface area (Å²) in [4.78, 5) is 13.5. The van der Waals surface area contributed by atoms with Gasteiger partial charge in [0.15, 0.2) is 11.6 Å². The second kappa shape index (κ2) is 8.93. The maximum atomic E-state index is 13.1. The van der Waals surface area contributed by atoms with Crippen LogP contribution in [-0.4, -0.2) is 37.0 Å². The Kier molecular flexibility index (Phi) is 6.92. The first-order chi connectivity index (χ1) is 11.1. The Morgan fingerprint density at radius 1 is 1.22 bits per heavy atom. The first-order valence-electron chi connectivity index (χ1n) is 8.22. The van der Waals surface area contributed by atoms with E-state index in [-0.39, 0.29) is 11.8 Å². The SMILES string of the molecule is NC(=O)C1CCN(CCCCNCc2ccc(F)c(F)c2)CC1. The van der Waals surface area contributed by atoms with Crippen molar-refractivity contribution in [2.24, 2.45) is 11.7 Å². The van der Waals surface area contributed by atoms with Gasteiger partial charge in [-0.3, -0.25) is 4.79 Å². The molecule has 2 rings (SSSR count). The third kappa shape index (κ3) is 5.88. The summed E-state index contributed by atoms with van der Waals surface area (Å²) >= 11 is 0. The van der Waals surface area contributed by atoms with E-state index >= 15 is 0 Å². The molecule has 1 heterocycles. The van der Waals surface area contributed by atoms with Crippen molar-refractivity contribution in [2.45, 2.75) is 32.2 Å². The monoisotopic (exact) mass is 325 g/mol. The van der Waals surface area contributed by atoms with Crippen LogP contribution in [0.1, 0.15) is 31.2 Å². The third-order valence-electron chi connectivity index (χ3n) is 4.38. The van der Waals surface area contributed by atoms with E-state index in [1.807, 2.05) is 0 Å². The lowest BCUT2D eigenvalue weighted by Gasteiger charge is -2.30. The molecule has 128 valence electrons. The molecule has 6 heteroatoms. The third-order valence-corrected chi connectivity index (χ3v) is 4.38. The normalized spacial score (nSPS) is 16.6. The molecule has 0 bridgehead atoms. The van der Waals surface area contributed by atoms with Crippen molar-refractivity contribution in [3.05, 3.63) is 35.4 Å². The number of nitrogens with zero attached hydrogens (tertiary/aromatic N) is 1. The molecule has 1 aromatic rings. The summed E-state index contributed by atoms with van der Waals surface area (Å²) in [5, 5.41) is 3.24. The Hall–Kier alpha value is -1.53. The highest BCUT2D eigenvalue weighted by Crippen LogP contribution is 2.16. The minimum absolute atomic E-state index is 0.0454. The maximum Gasteiger partial charge on any atom is 0.220 e. The quantitative estimate of drug-likeness (QED) is 0.719. The van der Waals surface area contributed by atoms with Crippen LogP contribution in [0.25, 0.3) is 0 Å². The van der Waals surface area contributed by atoms with E-state index < -0.39 is 11.6 Å². The number of benzene rings is 1. The van der Waals surface area contributed by atoms with Crippen LogP contribution in [0.2, 0.25) is 0 Å². The molecular weight excluding hydrogens is 300 g/mol. The van der Waals surface area contributed by atoms with Gasteiger partial charge in [-0.15, -0.1) is 0 Å². The standard InChI is InChI=1S/C17H25F2N3O/c18-15-4-3-13(11-16(15)19)12-21-7-1-2-8-22-9-5-14(6-10-22)17(20)23/h3-4,11,14,21H,1-2,5-10,12H2,(H2,20,23). The molecule has 0 atom stereocenters. The zero-order valence-electron chi connectivity index (χ0n) is 13.4. The van der Waals surface area contributed by atoms with E-state index in [1.165, 1.54) is 6.07 Å². The molecule has 3 N–H and O–H groups in total. The summed E-state index contributed by atoms with van der Waals surface area (Å²) in [5.41, 5.74) is 6.07. The molecule has 1 aromatic carbocycles. The van der Waals surface area contributed by atoms with Gasteiger partial charge in [0.1, 0.15) is 0 Å². The van der Waals surface area contributed by atoms with Crippen LogP contribution in [-0.2, 0) is 11.3 Å². The summed E-state index contributed by atoms with van der Waals surface area (Å²) in [6.07, 6.45) is 3.83. The van der Waals surface area contributed by atoms with Gasteiger partial charge in [0, 0.05) is 12.5 Å². The van der Waals surface area contributed by atoms with Gasteiger partial charge < -0.3 is 16.0 Å². The summed E-state index contributed by atoms with van der Waals surface area (Å²) in [6, 6.07) is 3.97. The van der Waals surface area contributed by atoms with Crippen molar-refractivity contribution in [1.29, 1.82) is 0 Å². The molecule has 0 aliphatic carbocycles. The minimum Gasteiger partial charge on any atom is -0.369 e. The maximum absolute atomic E-state index is 13.1. The van der Waals surface area contributed by atoms with Crippen molar-refractivity contribution in [3.63, 3.8) is 0 Å². The number of carbonyl (C=O) groups is 1. The van der Waals surface area contributed by atoms with Crippen LogP contribution < -0.4 is 11.1 Å². The van der Waals surface area contributed by atoms with Crippen LogP contribution >= 0.6 is 0 Å². The highest BCUT2D eigenvalue weighted by Gasteiger charge is 2.22. The van der Waals surface area contributed by atoms with Gasteiger partial charge in [-0.25, -0.2) is 8.78 Å². The summed E-state index contributed by atoms with van der Waals surface area (Å²) in [5.74, 6) is -1.74. The number of nitrogens with one attached hydrogen (secondary N) is 1. The number of unbranched alkanes of at least 4 members (excludes halogenated alkanes) is 1. The average molecular weight is 325 g/mol. The van der Waals surface area contributed by atoms with Gasteiger partial charge >= 0.3 is 0 Å². The first-order valence-corrected chi connectivity index (χ1v) is 8.22. The number of carbonyl (C=O) groups excluding carboxylic acids is 1. The van der Waals surface area contributed by atoms with Gasteiger partial charge in [0.25, 0.3) is 0 Å². The number of hydrogen-bond acceptors (Lipinski definition) is 3. The van der Waals surface area contributed by atoms with Crippen LogP contribution in [0.5, 0.6) is 0 Å². The van der Waals surface area contributed by atoms with E-state index in [1.54, 1.807) is 6.07 Å². The molecule has 0 spiro atoms. The molecule has 1 fully saturated rings. The molecule has 0 aromatic heterocycles. The van der Waals surface area contributed by atoms with Crippen LogP contribution in [0.15, 0.2) is 18.2 Å². The molecule has 1 aliphatic rings. The average Bonchev–Trinajstić information content (AvgIpc) is 2.54. The number of nitrogens with two attached hydrogens (primary N) is 1. The second-order valence-corrected chi connectivity index (χ2v) is 6.15. The van der Waals surface area contributed by atoms with Gasteiger partial charge in [-0.1, -0.05) is 6.07 Å². The van der Waals surface area contributed by atoms with Crippen molar-refractivity contribution in [1.82, 2.24) is 10.2 Å². The Morgan fingerprint density at radius 3 is 2.61 bits per heavy atom. The van der Waals surface area contributed by atoms with Crippen LogP contribution in [0.4, 0.5) is 8.78 Å². The predicted octanol–water partition coefficient (Wildman–Crippen LogP) is 2.03. The van der Waals surface area contributed by atoms with E-state index in [4.69, 9.17) is 5.73 Å². The summed E-state index contributed by atoms with van der Waals surface area (Å²) < 4.78 is 25.9. The second-order valence-electron chi connectivity index (χ2n) is 6.15. The fourth-order valence-electron chi connectivity index (χ4n) is 2.91. The molecule has 0 radical (unpaired) electrons. The van der Waals surface area contributed by atoms with E-state index in [0.717, 1.165) is 63.5 Å². The Labute approximate surface area is 136 Å². The molecular formula is C17H25F2N3O. The molecule has 1 aliphatic heterocycles. The van der Waals surface area contributed by atoms with Crippen LogP contribution in [0, 0.1) is 17.6 Å². The van der Waals surface area contributed by atoms with Gasteiger partial charge in [0.05, 0.1) is 0 Å². The van der Waals surface area contributed by atoms with Crippen molar-refractivity contribution < 1.29 is 13.6 Å². The highest BCUT2D eigenvalue weighted by atomic mass is 19.2. The summed E-state index contributed by atoms with van der Waals surface area (Å²) in [6.45, 7) is 4.29. The number of hydrogen-bond donors (Lipinski definition) is 2. The number of amides is 1. The van der Waals surface area contributed by atoms with Crippen molar-refractivity contribution in [3.8, 4) is 0 Å².